The number of hydrogen-bond donors (Lipinski definition) is 0. The highest BCUT2D eigenvalue weighted by Crippen LogP contribution is 2.16. The smallest absolute Gasteiger partial charge is 0.236 e. The van der Waals surface area contributed by atoms with E-state index < -0.39 is 9.84 Å². The highest BCUT2D eigenvalue weighted by atomic mass is 32.2. The maximum Gasteiger partial charge on any atom is 0.236 e. The minimum Gasteiger partial charge on any atom is -0.378 e. The summed E-state index contributed by atoms with van der Waals surface area (Å²) >= 11 is 0. The van der Waals surface area contributed by atoms with E-state index in [0.29, 0.717) is 32.8 Å². The number of carbonyl (C=O) groups excluding carboxylic acids is 1. The first-order chi connectivity index (χ1) is 7.98. The molecule has 0 bridgehead atoms. The van der Waals surface area contributed by atoms with E-state index in [1.165, 1.54) is 0 Å². The van der Waals surface area contributed by atoms with Gasteiger partial charge in [-0.3, -0.25) is 9.69 Å². The standard InChI is InChI=1S/C10H18N2O4S/c1-11(9-7-17(14,15)8-9)6-10(13)12-2-4-16-5-3-12/h9H,2-8H2,1H3. The average Bonchev–Trinajstić information content (AvgIpc) is 2.26. The fourth-order valence-electron chi connectivity index (χ4n) is 2.05. The zero-order valence-corrected chi connectivity index (χ0v) is 10.8. The number of morpholine rings is 1. The van der Waals surface area contributed by atoms with Crippen LogP contribution in [0.3, 0.4) is 0 Å². The Labute approximate surface area is 101 Å². The zero-order valence-electron chi connectivity index (χ0n) is 9.96. The van der Waals surface area contributed by atoms with Gasteiger partial charge in [0, 0.05) is 19.1 Å². The number of likely N-dealkylation sites (N-methyl/N-ethyl adjacent to an activating group) is 1. The summed E-state index contributed by atoms with van der Waals surface area (Å²) < 4.78 is 27.3. The van der Waals surface area contributed by atoms with E-state index in [1.807, 2.05) is 4.90 Å². The molecule has 7 heteroatoms. The molecule has 2 aliphatic rings. The van der Waals surface area contributed by atoms with Crippen LogP contribution >= 0.6 is 0 Å². The highest BCUT2D eigenvalue weighted by Gasteiger charge is 2.37. The fourth-order valence-corrected chi connectivity index (χ4v) is 3.63. The lowest BCUT2D eigenvalue weighted by atomic mass is 10.3. The van der Waals surface area contributed by atoms with Crippen LogP contribution < -0.4 is 0 Å². The molecule has 0 N–H and O–H groups in total. The molecule has 0 unspecified atom stereocenters. The predicted octanol–water partition coefficient (Wildman–Crippen LogP) is -1.43. The van der Waals surface area contributed by atoms with Gasteiger partial charge in [0.15, 0.2) is 9.84 Å². The van der Waals surface area contributed by atoms with Gasteiger partial charge in [-0.2, -0.15) is 0 Å². The summed E-state index contributed by atoms with van der Waals surface area (Å²) in [5, 5.41) is 0. The number of hydrogen-bond acceptors (Lipinski definition) is 5. The summed E-state index contributed by atoms with van der Waals surface area (Å²) in [7, 11) is -1.02. The minimum absolute atomic E-state index is 0.00462. The molecule has 17 heavy (non-hydrogen) atoms. The number of ether oxygens (including phenoxy) is 1. The van der Waals surface area contributed by atoms with Crippen LogP contribution in [0.25, 0.3) is 0 Å². The van der Waals surface area contributed by atoms with Crippen molar-refractivity contribution in [2.45, 2.75) is 6.04 Å². The van der Waals surface area contributed by atoms with Gasteiger partial charge < -0.3 is 9.64 Å². The lowest BCUT2D eigenvalue weighted by Gasteiger charge is -2.35. The number of rotatable bonds is 3. The van der Waals surface area contributed by atoms with Gasteiger partial charge in [0.25, 0.3) is 0 Å². The van der Waals surface area contributed by atoms with Crippen molar-refractivity contribution in [1.82, 2.24) is 9.80 Å². The van der Waals surface area contributed by atoms with Gasteiger partial charge in [-0.15, -0.1) is 0 Å². The first kappa shape index (κ1) is 12.8. The normalized spacial score (nSPS) is 24.7. The molecule has 2 saturated heterocycles. The third-order valence-electron chi connectivity index (χ3n) is 3.26. The largest absolute Gasteiger partial charge is 0.378 e. The van der Waals surface area contributed by atoms with Gasteiger partial charge in [-0.25, -0.2) is 8.42 Å². The summed E-state index contributed by atoms with van der Waals surface area (Å²) in [6, 6.07) is 0.00462. The second kappa shape index (κ2) is 4.91. The van der Waals surface area contributed by atoms with Crippen molar-refractivity contribution in [2.24, 2.45) is 0 Å². The summed E-state index contributed by atoms with van der Waals surface area (Å²) in [6.07, 6.45) is 0. The van der Waals surface area contributed by atoms with Crippen LogP contribution in [0.5, 0.6) is 0 Å². The van der Waals surface area contributed by atoms with Gasteiger partial charge in [0.1, 0.15) is 0 Å². The molecular formula is C10H18N2O4S. The molecule has 98 valence electrons. The van der Waals surface area contributed by atoms with Crippen molar-refractivity contribution in [3.05, 3.63) is 0 Å². The zero-order chi connectivity index (χ0) is 12.5. The van der Waals surface area contributed by atoms with Crippen molar-refractivity contribution in [3.8, 4) is 0 Å². The van der Waals surface area contributed by atoms with E-state index in [-0.39, 0.29) is 23.5 Å². The lowest BCUT2D eigenvalue weighted by Crippen LogP contribution is -2.55. The van der Waals surface area contributed by atoms with E-state index in [4.69, 9.17) is 4.74 Å². The number of amides is 1. The minimum atomic E-state index is -2.82. The molecule has 0 aromatic heterocycles. The van der Waals surface area contributed by atoms with Crippen LogP contribution in [0.2, 0.25) is 0 Å². The third-order valence-corrected chi connectivity index (χ3v) is 5.05. The van der Waals surface area contributed by atoms with Crippen molar-refractivity contribution >= 4 is 15.7 Å². The van der Waals surface area contributed by atoms with Gasteiger partial charge in [0.2, 0.25) is 5.91 Å². The Kier molecular flexibility index (Phi) is 3.70. The quantitative estimate of drug-likeness (QED) is 0.624. The van der Waals surface area contributed by atoms with Crippen LogP contribution in [0.15, 0.2) is 0 Å². The monoisotopic (exact) mass is 262 g/mol. The van der Waals surface area contributed by atoms with E-state index >= 15 is 0 Å². The molecule has 1 amide bonds. The summed E-state index contributed by atoms with van der Waals surface area (Å²) in [6.45, 7) is 2.74. The number of sulfone groups is 1. The molecule has 0 aliphatic carbocycles. The first-order valence-electron chi connectivity index (χ1n) is 5.74. The number of nitrogens with zero attached hydrogens (tertiary/aromatic N) is 2. The maximum absolute atomic E-state index is 11.9. The molecule has 2 aliphatic heterocycles. The van der Waals surface area contributed by atoms with Gasteiger partial charge in [-0.1, -0.05) is 0 Å². The van der Waals surface area contributed by atoms with Crippen molar-refractivity contribution in [3.63, 3.8) is 0 Å². The van der Waals surface area contributed by atoms with Crippen molar-refractivity contribution < 1.29 is 17.9 Å². The molecule has 2 heterocycles. The van der Waals surface area contributed by atoms with Crippen molar-refractivity contribution in [1.29, 1.82) is 0 Å². The summed E-state index contributed by atoms with van der Waals surface area (Å²) in [5.74, 6) is 0.417. The lowest BCUT2D eigenvalue weighted by molar-refractivity contribution is -0.136. The van der Waals surface area contributed by atoms with E-state index in [1.54, 1.807) is 11.9 Å². The Hall–Kier alpha value is -0.660. The van der Waals surface area contributed by atoms with Crippen molar-refractivity contribution in [2.75, 3.05) is 51.4 Å². The first-order valence-corrected chi connectivity index (χ1v) is 7.56. The second-order valence-corrected chi connectivity index (χ2v) is 6.79. The predicted molar refractivity (Wildman–Crippen MR) is 62.5 cm³/mol. The Bertz CT molecular complexity index is 377. The molecule has 0 saturated carbocycles. The third kappa shape index (κ3) is 3.17. The van der Waals surface area contributed by atoms with Crippen LogP contribution in [0.1, 0.15) is 0 Å². The molecule has 0 aromatic carbocycles. The Morgan fingerprint density at radius 2 is 1.94 bits per heavy atom. The average molecular weight is 262 g/mol. The van der Waals surface area contributed by atoms with Crippen LogP contribution in [0, 0.1) is 0 Å². The highest BCUT2D eigenvalue weighted by molar-refractivity contribution is 7.92. The summed E-state index contributed by atoms with van der Waals surface area (Å²) in [5.41, 5.74) is 0. The SMILES string of the molecule is CN(CC(=O)N1CCOCC1)C1CS(=O)(=O)C1. The number of carbonyl (C=O) groups is 1. The molecule has 0 aromatic rings. The molecule has 6 nitrogen and oxygen atoms in total. The Balaban J connectivity index is 1.78. The van der Waals surface area contributed by atoms with Crippen LogP contribution in [-0.2, 0) is 19.4 Å². The Morgan fingerprint density at radius 1 is 1.35 bits per heavy atom. The van der Waals surface area contributed by atoms with E-state index in [0.717, 1.165) is 0 Å². The van der Waals surface area contributed by atoms with E-state index in [9.17, 15) is 13.2 Å². The fraction of sp³-hybridized carbons (Fsp3) is 0.900. The molecule has 0 spiro atoms. The molecule has 2 rings (SSSR count). The summed E-state index contributed by atoms with van der Waals surface area (Å²) in [4.78, 5) is 15.5. The molecular weight excluding hydrogens is 244 g/mol. The van der Waals surface area contributed by atoms with Gasteiger partial charge >= 0.3 is 0 Å². The van der Waals surface area contributed by atoms with Crippen LogP contribution in [-0.4, -0.2) is 81.6 Å². The second-order valence-electron chi connectivity index (χ2n) is 4.64. The Morgan fingerprint density at radius 3 is 2.47 bits per heavy atom. The molecule has 2 fully saturated rings. The van der Waals surface area contributed by atoms with E-state index in [2.05, 4.69) is 0 Å². The topological polar surface area (TPSA) is 66.9 Å². The van der Waals surface area contributed by atoms with Gasteiger partial charge in [0.05, 0.1) is 31.3 Å². The van der Waals surface area contributed by atoms with Crippen LogP contribution in [0.4, 0.5) is 0 Å². The molecule has 0 atom stereocenters. The maximum atomic E-state index is 11.9. The molecule has 0 radical (unpaired) electrons. The van der Waals surface area contributed by atoms with Gasteiger partial charge in [-0.05, 0) is 7.05 Å².